The van der Waals surface area contributed by atoms with Crippen LogP contribution in [0.1, 0.15) is 156 Å². The van der Waals surface area contributed by atoms with Gasteiger partial charge in [-0.1, -0.05) is 136 Å². The molecule has 1 aromatic rings. The van der Waals surface area contributed by atoms with E-state index < -0.39 is 0 Å². The van der Waals surface area contributed by atoms with Crippen molar-refractivity contribution < 1.29 is 14.2 Å². The highest BCUT2D eigenvalue weighted by Crippen LogP contribution is 2.17. The number of unbranched alkanes of at least 4 members (excludes halogenated alkanes) is 18. The third kappa shape index (κ3) is 19.6. The molecule has 0 saturated carbocycles. The quantitative estimate of drug-likeness (QED) is 0.111. The van der Waals surface area contributed by atoms with Gasteiger partial charge in [-0.15, -0.1) is 15.0 Å². The van der Waals surface area contributed by atoms with E-state index in [1.807, 2.05) is 0 Å². The summed E-state index contributed by atoms with van der Waals surface area (Å²) in [6, 6.07) is 0.959. The van der Waals surface area contributed by atoms with Gasteiger partial charge in [0, 0.05) is 0 Å². The first-order valence-electron chi connectivity index (χ1n) is 15.4. The van der Waals surface area contributed by atoms with Crippen LogP contribution < -0.4 is 14.2 Å². The van der Waals surface area contributed by atoms with Crippen molar-refractivity contribution in [1.29, 1.82) is 0 Å². The first-order valence-corrected chi connectivity index (χ1v) is 15.4. The first kappa shape index (κ1) is 32.4. The molecule has 0 N–H and O–H groups in total. The molecule has 6 heteroatoms. The summed E-state index contributed by atoms with van der Waals surface area (Å²) < 4.78 is 17.6. The lowest BCUT2D eigenvalue weighted by Gasteiger charge is -2.10. The third-order valence-corrected chi connectivity index (χ3v) is 6.51. The van der Waals surface area contributed by atoms with Crippen LogP contribution in [0.5, 0.6) is 18.0 Å². The number of rotatable bonds is 27. The molecule has 36 heavy (non-hydrogen) atoms. The highest BCUT2D eigenvalue weighted by Gasteiger charge is 2.10. The summed E-state index contributed by atoms with van der Waals surface area (Å²) in [5.74, 6) is 0. The van der Waals surface area contributed by atoms with Crippen molar-refractivity contribution in [3.63, 3.8) is 0 Å². The molecule has 0 bridgehead atoms. The Morgan fingerprint density at radius 1 is 0.333 bits per heavy atom. The summed E-state index contributed by atoms with van der Waals surface area (Å²) in [4.78, 5) is 13.2. The number of nitrogens with zero attached hydrogens (tertiary/aromatic N) is 3. The van der Waals surface area contributed by atoms with Crippen molar-refractivity contribution in [3.05, 3.63) is 0 Å². The Morgan fingerprint density at radius 2 is 0.556 bits per heavy atom. The van der Waals surface area contributed by atoms with Gasteiger partial charge in [0.15, 0.2) is 0 Å². The zero-order chi connectivity index (χ0) is 25.9. The average molecular weight is 508 g/mol. The normalized spacial score (nSPS) is 11.1. The molecule has 1 heterocycles. The molecule has 6 nitrogen and oxygen atoms in total. The molecule has 0 spiro atoms. The largest absolute Gasteiger partial charge is 0.463 e. The minimum Gasteiger partial charge on any atom is -0.463 e. The molecule has 0 fully saturated rings. The molecule has 0 aliphatic rings. The van der Waals surface area contributed by atoms with Crippen molar-refractivity contribution in [1.82, 2.24) is 15.0 Å². The lowest BCUT2D eigenvalue weighted by Crippen LogP contribution is -2.09. The fraction of sp³-hybridized carbons (Fsp3) is 0.900. The molecular weight excluding hydrogens is 450 g/mol. The van der Waals surface area contributed by atoms with Crippen LogP contribution in [0.3, 0.4) is 0 Å². The minimum absolute atomic E-state index is 0.320. The van der Waals surface area contributed by atoms with E-state index in [1.165, 1.54) is 116 Å². The number of hydrogen-bond acceptors (Lipinski definition) is 6. The lowest BCUT2D eigenvalue weighted by atomic mass is 10.1. The van der Waals surface area contributed by atoms with Crippen LogP contribution in [-0.4, -0.2) is 34.8 Å². The molecule has 0 atom stereocenters. The van der Waals surface area contributed by atoms with Crippen LogP contribution in [0, 0.1) is 0 Å². The molecule has 0 saturated heterocycles. The van der Waals surface area contributed by atoms with E-state index in [-0.39, 0.29) is 0 Å². The molecular formula is C30H57N3O3. The molecule has 1 aromatic heterocycles. The van der Waals surface area contributed by atoms with Gasteiger partial charge in [0.1, 0.15) is 0 Å². The third-order valence-electron chi connectivity index (χ3n) is 6.51. The summed E-state index contributed by atoms with van der Waals surface area (Å²) in [7, 11) is 0. The maximum absolute atomic E-state index is 5.86. The molecule has 1 rings (SSSR count). The number of ether oxygens (including phenoxy) is 3. The van der Waals surface area contributed by atoms with E-state index in [0.717, 1.165) is 19.3 Å². The van der Waals surface area contributed by atoms with E-state index in [1.54, 1.807) is 0 Å². The van der Waals surface area contributed by atoms with E-state index in [2.05, 4.69) is 35.7 Å². The van der Waals surface area contributed by atoms with E-state index in [4.69, 9.17) is 14.2 Å². The minimum atomic E-state index is 0.320. The van der Waals surface area contributed by atoms with Gasteiger partial charge in [0.05, 0.1) is 19.8 Å². The standard InChI is InChI=1S/C30H57N3O3/c1-4-7-10-13-16-19-22-25-34-28-31-29(35-26-23-20-17-14-11-8-5-2)33-30(32-28)36-27-24-21-18-15-12-9-6-3/h4-27H2,1-3H3. The smallest absolute Gasteiger partial charge is 0.325 e. The topological polar surface area (TPSA) is 66.4 Å². The summed E-state index contributed by atoms with van der Waals surface area (Å²) in [6.45, 7) is 8.61. The predicted octanol–water partition coefficient (Wildman–Crippen LogP) is 9.26. The van der Waals surface area contributed by atoms with Crippen LogP contribution >= 0.6 is 0 Å². The van der Waals surface area contributed by atoms with Gasteiger partial charge in [-0.25, -0.2) is 0 Å². The van der Waals surface area contributed by atoms with Crippen LogP contribution in [-0.2, 0) is 0 Å². The summed E-state index contributed by atoms with van der Waals surface area (Å²) in [5.41, 5.74) is 0. The average Bonchev–Trinajstić information content (AvgIpc) is 2.89. The monoisotopic (exact) mass is 507 g/mol. The second kappa shape index (κ2) is 25.1. The fourth-order valence-electron chi connectivity index (χ4n) is 4.18. The molecule has 0 radical (unpaired) electrons. The molecule has 0 unspecified atom stereocenters. The highest BCUT2D eigenvalue weighted by molar-refractivity contribution is 5.09. The van der Waals surface area contributed by atoms with Crippen molar-refractivity contribution in [2.75, 3.05) is 19.8 Å². The molecule has 0 aliphatic heterocycles. The Bertz CT molecular complexity index is 508. The van der Waals surface area contributed by atoms with Crippen LogP contribution in [0.4, 0.5) is 0 Å². The van der Waals surface area contributed by atoms with Crippen molar-refractivity contribution in [2.24, 2.45) is 0 Å². The molecule has 0 aromatic carbocycles. The van der Waals surface area contributed by atoms with Crippen LogP contribution in [0.25, 0.3) is 0 Å². The van der Waals surface area contributed by atoms with Gasteiger partial charge < -0.3 is 14.2 Å². The fourth-order valence-corrected chi connectivity index (χ4v) is 4.18. The van der Waals surface area contributed by atoms with E-state index in [9.17, 15) is 0 Å². The Labute approximate surface area is 222 Å². The Hall–Kier alpha value is -1.59. The molecule has 210 valence electrons. The SMILES string of the molecule is CCCCCCCCCOc1nc(OCCCCCCCCC)nc(OCCCCCCCCC)n1. The Balaban J connectivity index is 2.40. The van der Waals surface area contributed by atoms with Gasteiger partial charge in [-0.2, -0.15) is 0 Å². The van der Waals surface area contributed by atoms with Gasteiger partial charge in [-0.3, -0.25) is 0 Å². The van der Waals surface area contributed by atoms with Crippen molar-refractivity contribution in [3.8, 4) is 18.0 Å². The lowest BCUT2D eigenvalue weighted by molar-refractivity contribution is 0.227. The Kier molecular flexibility index (Phi) is 22.6. The number of aromatic nitrogens is 3. The maximum Gasteiger partial charge on any atom is 0.325 e. The van der Waals surface area contributed by atoms with E-state index in [0.29, 0.717) is 37.9 Å². The maximum atomic E-state index is 5.86. The second-order valence-corrected chi connectivity index (χ2v) is 10.1. The predicted molar refractivity (Wildman–Crippen MR) is 150 cm³/mol. The molecule has 0 amide bonds. The summed E-state index contributed by atoms with van der Waals surface area (Å²) in [6.07, 6.45) is 26.2. The summed E-state index contributed by atoms with van der Waals surface area (Å²) >= 11 is 0. The Morgan fingerprint density at radius 3 is 0.806 bits per heavy atom. The van der Waals surface area contributed by atoms with Gasteiger partial charge in [0.2, 0.25) is 0 Å². The van der Waals surface area contributed by atoms with Crippen LogP contribution in [0.2, 0.25) is 0 Å². The first-order chi connectivity index (χ1) is 17.8. The van der Waals surface area contributed by atoms with Crippen molar-refractivity contribution >= 4 is 0 Å². The van der Waals surface area contributed by atoms with Crippen molar-refractivity contribution in [2.45, 2.75) is 156 Å². The highest BCUT2D eigenvalue weighted by atomic mass is 16.5. The number of hydrogen-bond donors (Lipinski definition) is 0. The molecule has 0 aliphatic carbocycles. The van der Waals surface area contributed by atoms with Gasteiger partial charge >= 0.3 is 18.0 Å². The second-order valence-electron chi connectivity index (χ2n) is 10.1. The zero-order valence-corrected chi connectivity index (χ0v) is 24.0. The van der Waals surface area contributed by atoms with E-state index >= 15 is 0 Å². The zero-order valence-electron chi connectivity index (χ0n) is 24.0. The van der Waals surface area contributed by atoms with Crippen LogP contribution in [0.15, 0.2) is 0 Å². The van der Waals surface area contributed by atoms with Gasteiger partial charge in [-0.05, 0) is 19.3 Å². The van der Waals surface area contributed by atoms with Gasteiger partial charge in [0.25, 0.3) is 0 Å². The summed E-state index contributed by atoms with van der Waals surface area (Å²) in [5, 5.41) is 0.